The lowest BCUT2D eigenvalue weighted by molar-refractivity contribution is -0.384. The Labute approximate surface area is 114 Å². The molecule has 0 aliphatic heterocycles. The number of carboxylic acid groups (broad SMARTS) is 1. The van der Waals surface area contributed by atoms with Crippen LogP contribution in [0.1, 0.15) is 15.9 Å². The predicted molar refractivity (Wildman–Crippen MR) is 73.8 cm³/mol. The van der Waals surface area contributed by atoms with Gasteiger partial charge >= 0.3 is 5.97 Å². The summed E-state index contributed by atoms with van der Waals surface area (Å²) in [6.07, 6.45) is 0. The van der Waals surface area contributed by atoms with E-state index < -0.39 is 10.9 Å². The zero-order valence-corrected chi connectivity index (χ0v) is 10.4. The molecular weight excluding hydrogens is 260 g/mol. The lowest BCUT2D eigenvalue weighted by atomic mass is 10.1. The SMILES string of the molecule is O=C(O)c1ccc([N+](=O)[O-])cc1NCc1ccccc1. The first-order chi connectivity index (χ1) is 9.58. The number of anilines is 1. The summed E-state index contributed by atoms with van der Waals surface area (Å²) in [6, 6.07) is 13.0. The molecule has 102 valence electrons. The molecule has 6 heteroatoms. The fraction of sp³-hybridized carbons (Fsp3) is 0.0714. The van der Waals surface area contributed by atoms with E-state index in [4.69, 9.17) is 5.11 Å². The van der Waals surface area contributed by atoms with Gasteiger partial charge in [0.1, 0.15) is 0 Å². The molecule has 0 unspecified atom stereocenters. The minimum atomic E-state index is -1.13. The van der Waals surface area contributed by atoms with Gasteiger partial charge < -0.3 is 10.4 Å². The van der Waals surface area contributed by atoms with Crippen molar-refractivity contribution in [2.75, 3.05) is 5.32 Å². The Morgan fingerprint density at radius 1 is 1.20 bits per heavy atom. The molecule has 0 aromatic heterocycles. The average molecular weight is 272 g/mol. The highest BCUT2D eigenvalue weighted by Crippen LogP contribution is 2.23. The van der Waals surface area contributed by atoms with Gasteiger partial charge in [0, 0.05) is 18.7 Å². The number of benzene rings is 2. The molecule has 0 saturated heterocycles. The number of nitrogens with one attached hydrogen (secondary N) is 1. The van der Waals surface area contributed by atoms with Crippen molar-refractivity contribution in [3.05, 3.63) is 69.8 Å². The molecule has 2 N–H and O–H groups in total. The number of aromatic carboxylic acids is 1. The molecular formula is C14H12N2O4. The van der Waals surface area contributed by atoms with E-state index in [0.29, 0.717) is 6.54 Å². The number of nitrogens with zero attached hydrogens (tertiary/aromatic N) is 1. The van der Waals surface area contributed by atoms with E-state index in [1.54, 1.807) is 0 Å². The fourth-order valence-electron chi connectivity index (χ4n) is 1.77. The van der Waals surface area contributed by atoms with Gasteiger partial charge in [-0.25, -0.2) is 4.79 Å². The molecule has 0 saturated carbocycles. The van der Waals surface area contributed by atoms with Gasteiger partial charge in [0.05, 0.1) is 16.2 Å². The third-order valence-corrected chi connectivity index (χ3v) is 2.77. The maximum atomic E-state index is 11.1. The molecule has 6 nitrogen and oxygen atoms in total. The molecule has 0 amide bonds. The summed E-state index contributed by atoms with van der Waals surface area (Å²) in [7, 11) is 0. The number of non-ortho nitro benzene ring substituents is 1. The van der Waals surface area contributed by atoms with Crippen LogP contribution in [0, 0.1) is 10.1 Å². The third-order valence-electron chi connectivity index (χ3n) is 2.77. The van der Waals surface area contributed by atoms with Crippen molar-refractivity contribution < 1.29 is 14.8 Å². The van der Waals surface area contributed by atoms with Crippen molar-refractivity contribution in [1.82, 2.24) is 0 Å². The minimum Gasteiger partial charge on any atom is -0.478 e. The van der Waals surface area contributed by atoms with E-state index in [0.717, 1.165) is 5.56 Å². The second kappa shape index (κ2) is 5.83. The first-order valence-corrected chi connectivity index (χ1v) is 5.87. The topological polar surface area (TPSA) is 92.5 Å². The highest BCUT2D eigenvalue weighted by molar-refractivity contribution is 5.94. The number of nitro groups is 1. The number of carbonyl (C=O) groups is 1. The Morgan fingerprint density at radius 2 is 1.90 bits per heavy atom. The molecule has 2 rings (SSSR count). The molecule has 0 radical (unpaired) electrons. The van der Waals surface area contributed by atoms with Crippen LogP contribution in [0.3, 0.4) is 0 Å². The van der Waals surface area contributed by atoms with Crippen LogP contribution in [-0.2, 0) is 6.54 Å². The van der Waals surface area contributed by atoms with Crippen molar-refractivity contribution in [2.24, 2.45) is 0 Å². The van der Waals surface area contributed by atoms with Gasteiger partial charge in [-0.15, -0.1) is 0 Å². The average Bonchev–Trinajstić information content (AvgIpc) is 2.45. The lowest BCUT2D eigenvalue weighted by Crippen LogP contribution is -2.07. The first kappa shape index (κ1) is 13.5. The summed E-state index contributed by atoms with van der Waals surface area (Å²) in [5, 5.41) is 22.7. The monoisotopic (exact) mass is 272 g/mol. The maximum absolute atomic E-state index is 11.1. The third kappa shape index (κ3) is 3.11. The molecule has 0 spiro atoms. The highest BCUT2D eigenvalue weighted by Gasteiger charge is 2.15. The van der Waals surface area contributed by atoms with E-state index in [1.165, 1.54) is 18.2 Å². The summed E-state index contributed by atoms with van der Waals surface area (Å²) in [6.45, 7) is 0.391. The predicted octanol–water partition coefficient (Wildman–Crippen LogP) is 2.91. The molecule has 0 fully saturated rings. The molecule has 0 heterocycles. The zero-order chi connectivity index (χ0) is 14.5. The Bertz CT molecular complexity index is 641. The smallest absolute Gasteiger partial charge is 0.337 e. The van der Waals surface area contributed by atoms with Gasteiger partial charge in [0.2, 0.25) is 0 Å². The van der Waals surface area contributed by atoms with Crippen LogP contribution in [0.2, 0.25) is 0 Å². The molecule has 0 aliphatic carbocycles. The van der Waals surface area contributed by atoms with Gasteiger partial charge in [-0.2, -0.15) is 0 Å². The van der Waals surface area contributed by atoms with Crippen LogP contribution >= 0.6 is 0 Å². The highest BCUT2D eigenvalue weighted by atomic mass is 16.6. The number of nitro benzene ring substituents is 1. The van der Waals surface area contributed by atoms with Crippen molar-refractivity contribution >= 4 is 17.3 Å². The number of hydrogen-bond acceptors (Lipinski definition) is 4. The Kier molecular flexibility index (Phi) is 3.95. The quantitative estimate of drug-likeness (QED) is 0.644. The van der Waals surface area contributed by atoms with Gasteiger partial charge in [-0.05, 0) is 11.6 Å². The number of carboxylic acids is 1. The summed E-state index contributed by atoms with van der Waals surface area (Å²) in [4.78, 5) is 21.3. The van der Waals surface area contributed by atoms with E-state index >= 15 is 0 Å². The summed E-state index contributed by atoms with van der Waals surface area (Å²) >= 11 is 0. The van der Waals surface area contributed by atoms with Gasteiger partial charge in [-0.3, -0.25) is 10.1 Å². The lowest BCUT2D eigenvalue weighted by Gasteiger charge is -2.09. The molecule has 0 aliphatic rings. The van der Waals surface area contributed by atoms with E-state index in [-0.39, 0.29) is 16.9 Å². The maximum Gasteiger partial charge on any atom is 0.337 e. The minimum absolute atomic E-state index is 0.00605. The van der Waals surface area contributed by atoms with E-state index in [9.17, 15) is 14.9 Å². The van der Waals surface area contributed by atoms with Crippen LogP contribution < -0.4 is 5.32 Å². The zero-order valence-electron chi connectivity index (χ0n) is 10.4. The summed E-state index contributed by atoms with van der Waals surface area (Å²) < 4.78 is 0. The second-order valence-electron chi connectivity index (χ2n) is 4.13. The van der Waals surface area contributed by atoms with Crippen LogP contribution in [0.5, 0.6) is 0 Å². The first-order valence-electron chi connectivity index (χ1n) is 5.87. The Balaban J connectivity index is 2.26. The molecule has 2 aromatic carbocycles. The van der Waals surface area contributed by atoms with Gasteiger partial charge in [0.15, 0.2) is 0 Å². The van der Waals surface area contributed by atoms with Crippen LogP contribution in [0.15, 0.2) is 48.5 Å². The second-order valence-corrected chi connectivity index (χ2v) is 4.13. The summed E-state index contributed by atoms with van der Waals surface area (Å²) in [5.41, 5.74) is 1.04. The van der Waals surface area contributed by atoms with Gasteiger partial charge in [0.25, 0.3) is 5.69 Å². The van der Waals surface area contributed by atoms with E-state index in [1.807, 2.05) is 30.3 Å². The van der Waals surface area contributed by atoms with Crippen molar-refractivity contribution in [3.63, 3.8) is 0 Å². The van der Waals surface area contributed by atoms with Crippen LogP contribution in [0.25, 0.3) is 0 Å². The largest absolute Gasteiger partial charge is 0.478 e. The normalized spacial score (nSPS) is 10.0. The van der Waals surface area contributed by atoms with Crippen molar-refractivity contribution in [2.45, 2.75) is 6.54 Å². The number of rotatable bonds is 5. The molecule has 2 aromatic rings. The molecule has 0 atom stereocenters. The van der Waals surface area contributed by atoms with Crippen molar-refractivity contribution in [3.8, 4) is 0 Å². The van der Waals surface area contributed by atoms with E-state index in [2.05, 4.69) is 5.32 Å². The Morgan fingerprint density at radius 3 is 2.50 bits per heavy atom. The fourth-order valence-corrected chi connectivity index (χ4v) is 1.77. The van der Waals surface area contributed by atoms with Gasteiger partial charge in [-0.1, -0.05) is 30.3 Å². The molecule has 0 bridgehead atoms. The van der Waals surface area contributed by atoms with Crippen molar-refractivity contribution in [1.29, 1.82) is 0 Å². The van der Waals surface area contributed by atoms with Crippen LogP contribution in [0.4, 0.5) is 11.4 Å². The standard InChI is InChI=1S/C14H12N2O4/c17-14(18)12-7-6-11(16(19)20)8-13(12)15-9-10-4-2-1-3-5-10/h1-8,15H,9H2,(H,17,18). The molecule has 20 heavy (non-hydrogen) atoms. The Hall–Kier alpha value is -2.89. The summed E-state index contributed by atoms with van der Waals surface area (Å²) in [5.74, 6) is -1.13. The van der Waals surface area contributed by atoms with Crippen LogP contribution in [-0.4, -0.2) is 16.0 Å². The number of hydrogen-bond donors (Lipinski definition) is 2.